The van der Waals surface area contributed by atoms with E-state index in [2.05, 4.69) is 30.2 Å². The minimum Gasteiger partial charge on any atom is -0.404 e. The number of Topliss-reactive ketones (excluding diaryl/α,β-unsaturated/α-hetero) is 1. The summed E-state index contributed by atoms with van der Waals surface area (Å²) in [6.07, 6.45) is -1.03. The highest BCUT2D eigenvalue weighted by atomic mass is 32.1. The predicted octanol–water partition coefficient (Wildman–Crippen LogP) is 2.70. The Balaban J connectivity index is 1.35. The number of benzene rings is 1. The van der Waals surface area contributed by atoms with Gasteiger partial charge in [-0.25, -0.2) is 9.97 Å². The summed E-state index contributed by atoms with van der Waals surface area (Å²) in [6.45, 7) is 2.04. The molecule has 3 aromatic rings. The van der Waals surface area contributed by atoms with E-state index in [9.17, 15) is 22.8 Å². The number of nitrogens with two attached hydrogens (primary N) is 1. The first-order chi connectivity index (χ1) is 18.1. The van der Waals surface area contributed by atoms with Crippen molar-refractivity contribution in [2.24, 2.45) is 0 Å². The molecule has 5 rings (SSSR count). The second-order valence-corrected chi connectivity index (χ2v) is 9.84. The molecule has 1 aliphatic heterocycles. The Morgan fingerprint density at radius 1 is 1.16 bits per heavy atom. The lowest BCUT2D eigenvalue weighted by molar-refractivity contribution is -0.274. The van der Waals surface area contributed by atoms with E-state index in [0.29, 0.717) is 54.7 Å². The van der Waals surface area contributed by atoms with Crippen LogP contribution in [-0.4, -0.2) is 75.0 Å². The van der Waals surface area contributed by atoms with Crippen LogP contribution >= 0.6 is 11.3 Å². The van der Waals surface area contributed by atoms with Gasteiger partial charge in [-0.3, -0.25) is 14.5 Å². The Labute approximate surface area is 218 Å². The second kappa shape index (κ2) is 10.2. The zero-order valence-corrected chi connectivity index (χ0v) is 20.6. The van der Waals surface area contributed by atoms with Crippen LogP contribution in [0.2, 0.25) is 0 Å². The van der Waals surface area contributed by atoms with E-state index in [-0.39, 0.29) is 23.6 Å². The molecule has 1 amide bonds. The molecule has 1 aliphatic carbocycles. The molecule has 38 heavy (non-hydrogen) atoms. The van der Waals surface area contributed by atoms with Crippen LogP contribution < -0.4 is 15.8 Å². The van der Waals surface area contributed by atoms with Gasteiger partial charge in [0.05, 0.1) is 25.3 Å². The number of carbonyl (C=O) groups is 2. The first kappa shape index (κ1) is 25.9. The number of nitrogen functional groups attached to an aromatic ring is 1. The van der Waals surface area contributed by atoms with Crippen LogP contribution in [0.25, 0.3) is 10.6 Å². The number of hydrogen-bond acceptors (Lipinski definition) is 11. The number of ketones is 1. The summed E-state index contributed by atoms with van der Waals surface area (Å²) in [7, 11) is 0. The van der Waals surface area contributed by atoms with Gasteiger partial charge < -0.3 is 20.5 Å². The van der Waals surface area contributed by atoms with Crippen molar-refractivity contribution in [3.05, 3.63) is 41.2 Å². The molecular weight excluding hydrogens is 527 g/mol. The molecule has 3 N–H and O–H groups in total. The van der Waals surface area contributed by atoms with Gasteiger partial charge >= 0.3 is 6.36 Å². The van der Waals surface area contributed by atoms with E-state index in [0.717, 1.165) is 17.4 Å². The number of nitrogens with one attached hydrogen (secondary N) is 1. The summed E-state index contributed by atoms with van der Waals surface area (Å²) in [5.74, 6) is -1.38. The van der Waals surface area contributed by atoms with E-state index < -0.39 is 29.3 Å². The highest BCUT2D eigenvalue weighted by molar-refractivity contribution is 7.14. The standard InChI is InChI=1S/C23H22F3N7O4S/c24-23(25,26)37-17-2-1-13(9-15(17)30-20(35)22(3-4-22)33-5-7-36-8-6-33)16(34)10-18-31-32-19(38-18)14-11-28-21(27)29-12-14/h1-2,9,11-12H,3-8,10H2,(H,30,35)(H2,27,28,29). The topological polar surface area (TPSA) is 145 Å². The van der Waals surface area contributed by atoms with Crippen LogP contribution in [-0.2, 0) is 16.0 Å². The molecule has 2 fully saturated rings. The summed E-state index contributed by atoms with van der Waals surface area (Å²) >= 11 is 1.15. The number of morpholine rings is 1. The minimum absolute atomic E-state index is 0.0820. The first-order valence-corrected chi connectivity index (χ1v) is 12.4. The Bertz CT molecular complexity index is 1340. The number of nitrogens with zero attached hydrogens (tertiary/aromatic N) is 5. The first-order valence-electron chi connectivity index (χ1n) is 11.6. The van der Waals surface area contributed by atoms with Gasteiger partial charge in [0, 0.05) is 36.6 Å². The molecule has 3 heterocycles. The summed E-state index contributed by atoms with van der Waals surface area (Å²) in [5, 5.41) is 11.5. The van der Waals surface area contributed by atoms with Crippen molar-refractivity contribution >= 4 is 34.7 Å². The summed E-state index contributed by atoms with van der Waals surface area (Å²) in [6, 6.07) is 3.41. The van der Waals surface area contributed by atoms with Crippen molar-refractivity contribution < 1.29 is 32.2 Å². The average molecular weight is 550 g/mol. The third-order valence-electron chi connectivity index (χ3n) is 6.24. The van der Waals surface area contributed by atoms with Gasteiger partial charge in [0.1, 0.15) is 10.5 Å². The lowest BCUT2D eigenvalue weighted by atomic mass is 10.1. The monoisotopic (exact) mass is 549 g/mol. The van der Waals surface area contributed by atoms with Crippen molar-refractivity contribution in [1.82, 2.24) is 25.1 Å². The molecular formula is C23H22F3N7O4S. The van der Waals surface area contributed by atoms with Crippen LogP contribution in [0.5, 0.6) is 5.75 Å². The molecule has 0 bridgehead atoms. The number of hydrogen-bond donors (Lipinski definition) is 2. The molecule has 15 heteroatoms. The SMILES string of the molecule is Nc1ncc(-c2nnc(CC(=O)c3ccc(OC(F)(F)F)c(NC(=O)C4(N5CCOCC5)CC4)c3)s2)cn1. The predicted molar refractivity (Wildman–Crippen MR) is 129 cm³/mol. The van der Waals surface area contributed by atoms with E-state index >= 15 is 0 Å². The largest absolute Gasteiger partial charge is 0.573 e. The second-order valence-electron chi connectivity index (χ2n) is 8.77. The number of carbonyl (C=O) groups excluding carboxylic acids is 2. The Morgan fingerprint density at radius 3 is 2.53 bits per heavy atom. The molecule has 0 atom stereocenters. The quantitative estimate of drug-likeness (QED) is 0.402. The van der Waals surface area contributed by atoms with Crippen molar-refractivity contribution in [1.29, 1.82) is 0 Å². The number of aromatic nitrogens is 4. The van der Waals surface area contributed by atoms with Gasteiger partial charge in [0.25, 0.3) is 0 Å². The van der Waals surface area contributed by atoms with Gasteiger partial charge in [-0.05, 0) is 31.0 Å². The number of anilines is 2. The van der Waals surface area contributed by atoms with Crippen LogP contribution in [0, 0.1) is 0 Å². The van der Waals surface area contributed by atoms with Gasteiger partial charge in [-0.15, -0.1) is 23.4 Å². The van der Waals surface area contributed by atoms with Crippen molar-refractivity contribution in [3.63, 3.8) is 0 Å². The van der Waals surface area contributed by atoms with Crippen LogP contribution in [0.1, 0.15) is 28.2 Å². The maximum absolute atomic E-state index is 13.2. The molecule has 1 aromatic carbocycles. The van der Waals surface area contributed by atoms with E-state index in [1.165, 1.54) is 24.5 Å². The number of halogens is 3. The fourth-order valence-electron chi connectivity index (χ4n) is 4.18. The Hall–Kier alpha value is -3.69. The summed E-state index contributed by atoms with van der Waals surface area (Å²) in [5.41, 5.74) is 5.09. The molecule has 2 aliphatic rings. The van der Waals surface area contributed by atoms with Crippen LogP contribution in [0.4, 0.5) is 24.8 Å². The molecule has 2 aromatic heterocycles. The highest BCUT2D eigenvalue weighted by Gasteiger charge is 2.54. The zero-order valence-electron chi connectivity index (χ0n) is 19.8. The van der Waals surface area contributed by atoms with Crippen LogP contribution in [0.15, 0.2) is 30.6 Å². The zero-order chi connectivity index (χ0) is 26.9. The number of rotatable bonds is 8. The maximum atomic E-state index is 13.2. The van der Waals surface area contributed by atoms with Crippen molar-refractivity contribution in [2.75, 3.05) is 37.4 Å². The van der Waals surface area contributed by atoms with Crippen molar-refractivity contribution in [3.8, 4) is 16.3 Å². The average Bonchev–Trinajstić information content (AvgIpc) is 3.58. The normalized spacial score (nSPS) is 17.1. The van der Waals surface area contributed by atoms with Gasteiger partial charge in [0.2, 0.25) is 11.9 Å². The molecule has 0 unspecified atom stereocenters. The van der Waals surface area contributed by atoms with Gasteiger partial charge in [-0.2, -0.15) is 0 Å². The number of alkyl halides is 3. The number of ether oxygens (including phenoxy) is 2. The lowest BCUT2D eigenvalue weighted by Crippen LogP contribution is -2.51. The molecule has 0 spiro atoms. The Morgan fingerprint density at radius 2 is 1.87 bits per heavy atom. The van der Waals surface area contributed by atoms with Gasteiger partial charge in [-0.1, -0.05) is 11.3 Å². The molecule has 200 valence electrons. The fraction of sp³-hybridized carbons (Fsp3) is 0.391. The van der Waals surface area contributed by atoms with E-state index in [1.54, 1.807) is 0 Å². The van der Waals surface area contributed by atoms with E-state index in [4.69, 9.17) is 10.5 Å². The number of amides is 1. The third kappa shape index (κ3) is 5.74. The fourth-order valence-corrected chi connectivity index (χ4v) is 4.99. The molecule has 1 saturated heterocycles. The molecule has 0 radical (unpaired) electrons. The van der Waals surface area contributed by atoms with E-state index in [1.807, 2.05) is 4.90 Å². The lowest BCUT2D eigenvalue weighted by Gasteiger charge is -2.34. The highest BCUT2D eigenvalue weighted by Crippen LogP contribution is 2.44. The minimum atomic E-state index is -4.98. The summed E-state index contributed by atoms with van der Waals surface area (Å²) < 4.78 is 48.6. The molecule has 11 nitrogen and oxygen atoms in total. The summed E-state index contributed by atoms with van der Waals surface area (Å²) in [4.78, 5) is 36.0. The van der Waals surface area contributed by atoms with Crippen LogP contribution in [0.3, 0.4) is 0 Å². The Kier molecular flexibility index (Phi) is 6.98. The third-order valence-corrected chi connectivity index (χ3v) is 7.21. The molecule has 1 saturated carbocycles. The van der Waals surface area contributed by atoms with Gasteiger partial charge in [0.15, 0.2) is 16.5 Å². The smallest absolute Gasteiger partial charge is 0.404 e. The maximum Gasteiger partial charge on any atom is 0.573 e. The van der Waals surface area contributed by atoms with Crippen molar-refractivity contribution in [2.45, 2.75) is 31.2 Å².